The molecule has 2 heterocycles. The first kappa shape index (κ1) is 11.2. The summed E-state index contributed by atoms with van der Waals surface area (Å²) in [6.45, 7) is 6.55. The third-order valence-electron chi connectivity index (χ3n) is 3.40. The van der Waals surface area contributed by atoms with E-state index in [9.17, 15) is 0 Å². The maximum atomic E-state index is 4.63. The molecular formula is C15H17N3. The lowest BCUT2D eigenvalue weighted by Crippen LogP contribution is -2.18. The molecule has 0 bridgehead atoms. The Morgan fingerprint density at radius 3 is 2.83 bits per heavy atom. The van der Waals surface area contributed by atoms with Crippen molar-refractivity contribution in [1.82, 2.24) is 14.8 Å². The fraction of sp³-hybridized carbons (Fsp3) is 0.333. The van der Waals surface area contributed by atoms with Crippen molar-refractivity contribution in [2.45, 2.75) is 27.2 Å². The van der Waals surface area contributed by atoms with Crippen molar-refractivity contribution in [3.8, 4) is 5.82 Å². The maximum absolute atomic E-state index is 4.63. The number of nitrogens with zero attached hydrogens (tertiary/aromatic N) is 3. The van der Waals surface area contributed by atoms with Crippen LogP contribution in [0.1, 0.15) is 30.8 Å². The molecule has 18 heavy (non-hydrogen) atoms. The summed E-state index contributed by atoms with van der Waals surface area (Å²) < 4.78 is 1.98. The van der Waals surface area contributed by atoms with Crippen LogP contribution in [0.25, 0.3) is 11.9 Å². The zero-order chi connectivity index (χ0) is 12.8. The summed E-state index contributed by atoms with van der Waals surface area (Å²) in [6, 6.07) is 5.92. The number of fused-ring (bicyclic) bond motifs is 1. The summed E-state index contributed by atoms with van der Waals surface area (Å²) in [4.78, 5) is 4.39. The van der Waals surface area contributed by atoms with Gasteiger partial charge in [-0.15, -0.1) is 0 Å². The molecule has 92 valence electrons. The minimum absolute atomic E-state index is 0.187. The van der Waals surface area contributed by atoms with Gasteiger partial charge in [0, 0.05) is 11.8 Å². The van der Waals surface area contributed by atoms with Crippen molar-refractivity contribution >= 4 is 6.08 Å². The highest BCUT2D eigenvalue weighted by atomic mass is 15.3. The SMILES string of the molecule is Cc1nn(-c2ccccn2)c2c1C=CC(C)(C)C2. The molecule has 2 aromatic heterocycles. The van der Waals surface area contributed by atoms with Crippen LogP contribution in [0, 0.1) is 12.3 Å². The molecular weight excluding hydrogens is 222 g/mol. The Morgan fingerprint density at radius 1 is 1.28 bits per heavy atom. The number of rotatable bonds is 1. The molecule has 1 aliphatic carbocycles. The van der Waals surface area contributed by atoms with Crippen LogP contribution >= 0.6 is 0 Å². The van der Waals surface area contributed by atoms with Crippen LogP contribution in [-0.4, -0.2) is 14.8 Å². The van der Waals surface area contributed by atoms with Crippen molar-refractivity contribution < 1.29 is 0 Å². The smallest absolute Gasteiger partial charge is 0.153 e. The van der Waals surface area contributed by atoms with E-state index in [0.717, 1.165) is 17.9 Å². The molecule has 1 aliphatic rings. The lowest BCUT2D eigenvalue weighted by molar-refractivity contribution is 0.461. The number of aryl methyl sites for hydroxylation is 1. The van der Waals surface area contributed by atoms with Crippen LogP contribution in [0.5, 0.6) is 0 Å². The topological polar surface area (TPSA) is 30.7 Å². The van der Waals surface area contributed by atoms with Gasteiger partial charge in [0.15, 0.2) is 5.82 Å². The lowest BCUT2D eigenvalue weighted by Gasteiger charge is -2.24. The molecule has 2 aromatic rings. The van der Waals surface area contributed by atoms with Crippen LogP contribution in [0.15, 0.2) is 30.5 Å². The maximum Gasteiger partial charge on any atom is 0.153 e. The summed E-state index contributed by atoms with van der Waals surface area (Å²) >= 11 is 0. The van der Waals surface area contributed by atoms with E-state index in [0.29, 0.717) is 0 Å². The van der Waals surface area contributed by atoms with Crippen LogP contribution in [0.2, 0.25) is 0 Å². The first-order valence-electron chi connectivity index (χ1n) is 6.26. The van der Waals surface area contributed by atoms with Crippen molar-refractivity contribution in [1.29, 1.82) is 0 Å². The van der Waals surface area contributed by atoms with Gasteiger partial charge < -0.3 is 0 Å². The highest BCUT2D eigenvalue weighted by Gasteiger charge is 2.26. The number of pyridine rings is 1. The van der Waals surface area contributed by atoms with Gasteiger partial charge in [0.25, 0.3) is 0 Å². The van der Waals surface area contributed by atoms with Crippen LogP contribution in [0.4, 0.5) is 0 Å². The van der Waals surface area contributed by atoms with Crippen LogP contribution < -0.4 is 0 Å². The molecule has 0 atom stereocenters. The number of allylic oxidation sites excluding steroid dienone is 1. The number of hydrogen-bond acceptors (Lipinski definition) is 2. The summed E-state index contributed by atoms with van der Waals surface area (Å²) in [5.41, 5.74) is 3.77. The molecule has 0 amide bonds. The molecule has 0 spiro atoms. The fourth-order valence-corrected chi connectivity index (χ4v) is 2.44. The van der Waals surface area contributed by atoms with Crippen molar-refractivity contribution in [3.63, 3.8) is 0 Å². The lowest BCUT2D eigenvalue weighted by atomic mass is 9.82. The van der Waals surface area contributed by atoms with Crippen LogP contribution in [0.3, 0.4) is 0 Å². The van der Waals surface area contributed by atoms with Gasteiger partial charge in [0.05, 0.1) is 11.4 Å². The van der Waals surface area contributed by atoms with E-state index in [1.807, 2.05) is 29.1 Å². The molecule has 3 heteroatoms. The Balaban J connectivity index is 2.17. The third-order valence-corrected chi connectivity index (χ3v) is 3.40. The molecule has 0 saturated carbocycles. The Morgan fingerprint density at radius 2 is 2.11 bits per heavy atom. The zero-order valence-corrected chi connectivity index (χ0v) is 11.0. The molecule has 3 rings (SSSR count). The van der Waals surface area contributed by atoms with Gasteiger partial charge in [-0.25, -0.2) is 9.67 Å². The van der Waals surface area contributed by atoms with E-state index < -0.39 is 0 Å². The number of aromatic nitrogens is 3. The van der Waals surface area contributed by atoms with Gasteiger partial charge >= 0.3 is 0 Å². The molecule has 0 unspecified atom stereocenters. The Hall–Kier alpha value is -1.90. The molecule has 0 fully saturated rings. The standard InChI is InChI=1S/C15H17N3/c1-11-12-7-8-15(2,3)10-13(12)18(17-11)14-6-4-5-9-16-14/h4-9H,10H2,1-3H3. The van der Waals surface area contributed by atoms with Gasteiger partial charge in [-0.1, -0.05) is 32.1 Å². The average Bonchev–Trinajstić information content (AvgIpc) is 2.66. The van der Waals surface area contributed by atoms with Crippen molar-refractivity contribution in [3.05, 3.63) is 47.4 Å². The summed E-state index contributed by atoms with van der Waals surface area (Å²) in [6.07, 6.45) is 7.27. The van der Waals surface area contributed by atoms with Gasteiger partial charge in [0.1, 0.15) is 0 Å². The van der Waals surface area contributed by atoms with Gasteiger partial charge in [-0.2, -0.15) is 5.10 Å². The second-order valence-electron chi connectivity index (χ2n) is 5.54. The van der Waals surface area contributed by atoms with E-state index in [1.165, 1.54) is 11.3 Å². The van der Waals surface area contributed by atoms with E-state index in [-0.39, 0.29) is 5.41 Å². The predicted molar refractivity (Wildman–Crippen MR) is 72.6 cm³/mol. The van der Waals surface area contributed by atoms with E-state index >= 15 is 0 Å². The summed E-state index contributed by atoms with van der Waals surface area (Å²) in [5, 5.41) is 4.63. The van der Waals surface area contributed by atoms with E-state index in [4.69, 9.17) is 0 Å². The molecule has 3 nitrogen and oxygen atoms in total. The predicted octanol–water partition coefficient (Wildman–Crippen LogP) is 3.17. The van der Waals surface area contributed by atoms with Crippen molar-refractivity contribution in [2.75, 3.05) is 0 Å². The van der Waals surface area contributed by atoms with E-state index in [1.54, 1.807) is 0 Å². The van der Waals surface area contributed by atoms with Gasteiger partial charge in [0.2, 0.25) is 0 Å². The summed E-state index contributed by atoms with van der Waals surface area (Å²) in [5.74, 6) is 0.896. The Labute approximate surface area is 107 Å². The number of hydrogen-bond donors (Lipinski definition) is 0. The molecule has 0 aromatic carbocycles. The Bertz CT molecular complexity index is 606. The minimum atomic E-state index is 0.187. The van der Waals surface area contributed by atoms with Gasteiger partial charge in [-0.3, -0.25) is 0 Å². The second kappa shape index (κ2) is 3.80. The second-order valence-corrected chi connectivity index (χ2v) is 5.54. The zero-order valence-electron chi connectivity index (χ0n) is 11.0. The van der Waals surface area contributed by atoms with Crippen molar-refractivity contribution in [2.24, 2.45) is 5.41 Å². The first-order chi connectivity index (χ1) is 8.57. The van der Waals surface area contributed by atoms with Gasteiger partial charge in [-0.05, 0) is 30.9 Å². The summed E-state index contributed by atoms with van der Waals surface area (Å²) in [7, 11) is 0. The molecule has 0 aliphatic heterocycles. The molecule has 0 N–H and O–H groups in total. The van der Waals surface area contributed by atoms with E-state index in [2.05, 4.69) is 43.0 Å². The molecule has 0 radical (unpaired) electrons. The highest BCUT2D eigenvalue weighted by molar-refractivity contribution is 5.59. The fourth-order valence-electron chi connectivity index (χ4n) is 2.44. The normalized spacial score (nSPS) is 16.6. The average molecular weight is 239 g/mol. The quantitative estimate of drug-likeness (QED) is 0.765. The minimum Gasteiger partial charge on any atom is -0.237 e. The monoisotopic (exact) mass is 239 g/mol. The third kappa shape index (κ3) is 1.76. The highest BCUT2D eigenvalue weighted by Crippen LogP contribution is 2.33. The Kier molecular flexibility index (Phi) is 2.37. The largest absolute Gasteiger partial charge is 0.237 e. The molecule has 0 saturated heterocycles. The van der Waals surface area contributed by atoms with Crippen LogP contribution in [-0.2, 0) is 6.42 Å². The first-order valence-corrected chi connectivity index (χ1v) is 6.26.